The Morgan fingerprint density at radius 3 is 2.52 bits per heavy atom. The van der Waals surface area contributed by atoms with Crippen molar-refractivity contribution in [2.45, 2.75) is 20.0 Å². The first kappa shape index (κ1) is 15.6. The maximum Gasteiger partial charge on any atom is 0.221 e. The summed E-state index contributed by atoms with van der Waals surface area (Å²) in [6.07, 6.45) is 3.42. The Morgan fingerprint density at radius 2 is 1.78 bits per heavy atom. The minimum absolute atomic E-state index is 0.00259. The lowest BCUT2D eigenvalue weighted by atomic mass is 10.0. The largest absolute Gasteiger partial charge is 0.488 e. The fraction of sp³-hybridized carbons (Fsp3) is 0.222. The lowest BCUT2D eigenvalue weighted by Gasteiger charge is -2.18. The third-order valence-electron chi connectivity index (χ3n) is 3.40. The third-order valence-corrected chi connectivity index (χ3v) is 3.72. The second-order valence-electron chi connectivity index (χ2n) is 5.36. The van der Waals surface area contributed by atoms with Crippen molar-refractivity contribution in [3.05, 3.63) is 47.7 Å². The first-order valence-electron chi connectivity index (χ1n) is 7.35. The number of pyridine rings is 2. The molecular weight excluding hydrogens is 312 g/mol. The molecule has 0 aliphatic heterocycles. The van der Waals surface area contributed by atoms with Gasteiger partial charge >= 0.3 is 0 Å². The zero-order chi connectivity index (χ0) is 16.4. The molecule has 0 aliphatic rings. The molecule has 0 fully saturated rings. The van der Waals surface area contributed by atoms with Gasteiger partial charge in [0.1, 0.15) is 5.52 Å². The summed E-state index contributed by atoms with van der Waals surface area (Å²) < 4.78 is 11.4. The number of ether oxygens (including phenoxy) is 2. The van der Waals surface area contributed by atoms with Crippen LogP contribution in [0.4, 0.5) is 0 Å². The monoisotopic (exact) mass is 328 g/mol. The molecule has 0 N–H and O–H groups in total. The fourth-order valence-corrected chi connectivity index (χ4v) is 2.75. The highest BCUT2D eigenvalue weighted by atomic mass is 35.5. The van der Waals surface area contributed by atoms with E-state index in [0.717, 1.165) is 22.0 Å². The second-order valence-corrected chi connectivity index (χ2v) is 5.77. The van der Waals surface area contributed by atoms with E-state index < -0.39 is 0 Å². The molecule has 3 aromatic rings. The molecule has 0 amide bonds. The summed E-state index contributed by atoms with van der Waals surface area (Å²) >= 11 is 6.46. The van der Waals surface area contributed by atoms with Gasteiger partial charge in [-0.05, 0) is 44.2 Å². The van der Waals surface area contributed by atoms with Crippen LogP contribution < -0.4 is 9.47 Å². The summed E-state index contributed by atoms with van der Waals surface area (Å²) in [5, 5.41) is 1.47. The highest BCUT2D eigenvalue weighted by Crippen LogP contribution is 2.42. The number of methoxy groups -OCH3 is 1. The van der Waals surface area contributed by atoms with E-state index in [9.17, 15) is 0 Å². The summed E-state index contributed by atoms with van der Waals surface area (Å²) in [5.41, 5.74) is 2.37. The fourth-order valence-electron chi connectivity index (χ4n) is 2.49. The SMILES string of the molecule is COc1ncccc1-c1cc(Cl)c2cccnc2c1OC(C)C. The second kappa shape index (κ2) is 6.42. The van der Waals surface area contributed by atoms with E-state index in [2.05, 4.69) is 9.97 Å². The van der Waals surface area contributed by atoms with Crippen molar-refractivity contribution in [2.75, 3.05) is 7.11 Å². The summed E-state index contributed by atoms with van der Waals surface area (Å²) in [7, 11) is 1.59. The van der Waals surface area contributed by atoms with Crippen molar-refractivity contribution < 1.29 is 9.47 Å². The number of hydrogen-bond donors (Lipinski definition) is 0. The van der Waals surface area contributed by atoms with Crippen LogP contribution >= 0.6 is 11.6 Å². The predicted octanol–water partition coefficient (Wildman–Crippen LogP) is 4.75. The van der Waals surface area contributed by atoms with Crippen molar-refractivity contribution >= 4 is 22.5 Å². The van der Waals surface area contributed by atoms with Crippen molar-refractivity contribution in [3.63, 3.8) is 0 Å². The van der Waals surface area contributed by atoms with Crippen molar-refractivity contribution in [3.8, 4) is 22.8 Å². The maximum absolute atomic E-state index is 6.46. The molecule has 2 aromatic heterocycles. The topological polar surface area (TPSA) is 44.2 Å². The van der Waals surface area contributed by atoms with Gasteiger partial charge in [-0.3, -0.25) is 4.98 Å². The summed E-state index contributed by atoms with van der Waals surface area (Å²) in [5.74, 6) is 1.21. The van der Waals surface area contributed by atoms with Crippen molar-refractivity contribution in [2.24, 2.45) is 0 Å². The van der Waals surface area contributed by atoms with Gasteiger partial charge in [0.05, 0.1) is 18.2 Å². The number of fused-ring (bicyclic) bond motifs is 1. The number of rotatable bonds is 4. The van der Waals surface area contributed by atoms with Gasteiger partial charge < -0.3 is 9.47 Å². The number of nitrogens with zero attached hydrogens (tertiary/aromatic N) is 2. The smallest absolute Gasteiger partial charge is 0.221 e. The molecule has 1 aromatic carbocycles. The first-order valence-corrected chi connectivity index (χ1v) is 7.73. The van der Waals surface area contributed by atoms with Gasteiger partial charge in [0.15, 0.2) is 5.75 Å². The standard InChI is InChI=1S/C18H17ClN2O2/c1-11(2)23-17-14(12-6-4-9-21-18(12)22-3)10-15(19)13-7-5-8-20-16(13)17/h4-11H,1-3H3. The van der Waals surface area contributed by atoms with Crippen LogP contribution in [0.25, 0.3) is 22.0 Å². The molecule has 3 rings (SSSR count). The maximum atomic E-state index is 6.46. The van der Waals surface area contributed by atoms with Crippen LogP contribution in [0.15, 0.2) is 42.7 Å². The quantitative estimate of drug-likeness (QED) is 0.693. The normalized spacial score (nSPS) is 11.0. The molecule has 5 heteroatoms. The number of hydrogen-bond acceptors (Lipinski definition) is 4. The molecule has 2 heterocycles. The minimum atomic E-state index is 0.00259. The number of benzene rings is 1. The van der Waals surface area contributed by atoms with Gasteiger partial charge in [0.25, 0.3) is 0 Å². The van der Waals surface area contributed by atoms with E-state index in [1.807, 2.05) is 44.2 Å². The predicted molar refractivity (Wildman–Crippen MR) is 92.3 cm³/mol. The molecule has 0 radical (unpaired) electrons. The summed E-state index contributed by atoms with van der Waals surface area (Å²) in [4.78, 5) is 8.73. The Hall–Kier alpha value is -2.33. The number of halogens is 1. The molecule has 0 atom stereocenters. The summed E-state index contributed by atoms with van der Waals surface area (Å²) in [6.45, 7) is 3.96. The van der Waals surface area contributed by atoms with Gasteiger partial charge in [0.2, 0.25) is 5.88 Å². The van der Waals surface area contributed by atoms with Gasteiger partial charge in [-0.15, -0.1) is 0 Å². The van der Waals surface area contributed by atoms with Crippen LogP contribution in [0.2, 0.25) is 5.02 Å². The highest BCUT2D eigenvalue weighted by Gasteiger charge is 2.19. The van der Waals surface area contributed by atoms with Crippen LogP contribution in [-0.2, 0) is 0 Å². The van der Waals surface area contributed by atoms with Crippen LogP contribution in [0.1, 0.15) is 13.8 Å². The molecule has 0 saturated carbocycles. The molecule has 0 spiro atoms. The molecule has 0 saturated heterocycles. The van der Waals surface area contributed by atoms with E-state index in [4.69, 9.17) is 21.1 Å². The first-order chi connectivity index (χ1) is 11.1. The Kier molecular flexibility index (Phi) is 4.35. The third kappa shape index (κ3) is 2.94. The van der Waals surface area contributed by atoms with Crippen LogP contribution in [-0.4, -0.2) is 23.2 Å². The van der Waals surface area contributed by atoms with Crippen molar-refractivity contribution in [1.82, 2.24) is 9.97 Å². The molecule has 23 heavy (non-hydrogen) atoms. The zero-order valence-corrected chi connectivity index (χ0v) is 14.0. The Balaban J connectivity index is 2.35. The lowest BCUT2D eigenvalue weighted by molar-refractivity contribution is 0.246. The zero-order valence-electron chi connectivity index (χ0n) is 13.2. The average molecular weight is 329 g/mol. The van der Waals surface area contributed by atoms with E-state index in [0.29, 0.717) is 16.7 Å². The van der Waals surface area contributed by atoms with E-state index in [1.54, 1.807) is 19.5 Å². The molecule has 0 bridgehead atoms. The molecular formula is C18H17ClN2O2. The molecule has 4 nitrogen and oxygen atoms in total. The minimum Gasteiger partial charge on any atom is -0.488 e. The van der Waals surface area contributed by atoms with Gasteiger partial charge in [-0.25, -0.2) is 4.98 Å². The number of aromatic nitrogens is 2. The van der Waals surface area contributed by atoms with E-state index >= 15 is 0 Å². The van der Waals surface area contributed by atoms with E-state index in [1.165, 1.54) is 0 Å². The molecule has 0 unspecified atom stereocenters. The lowest BCUT2D eigenvalue weighted by Crippen LogP contribution is -2.08. The van der Waals surface area contributed by atoms with Crippen molar-refractivity contribution in [1.29, 1.82) is 0 Å². The average Bonchev–Trinajstić information content (AvgIpc) is 2.57. The van der Waals surface area contributed by atoms with Crippen LogP contribution in [0.3, 0.4) is 0 Å². The van der Waals surface area contributed by atoms with Gasteiger partial charge in [-0.2, -0.15) is 0 Å². The Labute approximate surface area is 140 Å². The molecule has 118 valence electrons. The Bertz CT molecular complexity index is 850. The van der Waals surface area contributed by atoms with Gasteiger partial charge in [-0.1, -0.05) is 11.6 Å². The summed E-state index contributed by atoms with van der Waals surface area (Å²) in [6, 6.07) is 9.45. The highest BCUT2D eigenvalue weighted by molar-refractivity contribution is 6.36. The van der Waals surface area contributed by atoms with Crippen LogP contribution in [0.5, 0.6) is 11.6 Å². The molecule has 0 aliphatic carbocycles. The van der Waals surface area contributed by atoms with E-state index in [-0.39, 0.29) is 6.10 Å². The van der Waals surface area contributed by atoms with Crippen LogP contribution in [0, 0.1) is 0 Å². The van der Waals surface area contributed by atoms with Gasteiger partial charge in [0, 0.05) is 28.9 Å². The Morgan fingerprint density at radius 1 is 1.04 bits per heavy atom.